The molecule has 2 aromatic rings. The number of nitrogens with zero attached hydrogens (tertiary/aromatic N) is 2. The van der Waals surface area contributed by atoms with E-state index in [9.17, 15) is 12.8 Å². The molecule has 0 bridgehead atoms. The van der Waals surface area contributed by atoms with Gasteiger partial charge in [0.1, 0.15) is 10.7 Å². The van der Waals surface area contributed by atoms with Crippen LogP contribution in [0.15, 0.2) is 53.7 Å². The molecule has 1 aliphatic rings. The molecule has 116 valence electrons. The number of benzene rings is 1. The van der Waals surface area contributed by atoms with E-state index in [1.807, 2.05) is 6.07 Å². The molecule has 1 aromatic heterocycles. The van der Waals surface area contributed by atoms with Crippen LogP contribution in [-0.4, -0.2) is 30.3 Å². The standard InChI is InChI=1S/C16H17FN2O2S/c17-14-4-1-3-13(11-14)8-10-19(15-6-7-15)22(20,21)16-5-2-9-18-12-16/h1-5,9,11-12,15H,6-8,10H2. The van der Waals surface area contributed by atoms with Gasteiger partial charge in [0.2, 0.25) is 10.0 Å². The Hall–Kier alpha value is -1.79. The lowest BCUT2D eigenvalue weighted by molar-refractivity contribution is 0.406. The maximum absolute atomic E-state index is 13.2. The quantitative estimate of drug-likeness (QED) is 0.822. The summed E-state index contributed by atoms with van der Waals surface area (Å²) in [7, 11) is -3.54. The van der Waals surface area contributed by atoms with Gasteiger partial charge < -0.3 is 0 Å². The third-order valence-electron chi connectivity index (χ3n) is 3.71. The van der Waals surface area contributed by atoms with Crippen LogP contribution in [0.5, 0.6) is 0 Å². The predicted molar refractivity (Wildman–Crippen MR) is 81.3 cm³/mol. The van der Waals surface area contributed by atoms with Crippen molar-refractivity contribution in [3.05, 3.63) is 60.2 Å². The van der Waals surface area contributed by atoms with E-state index < -0.39 is 10.0 Å². The van der Waals surface area contributed by atoms with Crippen molar-refractivity contribution in [2.45, 2.75) is 30.2 Å². The van der Waals surface area contributed by atoms with Crippen molar-refractivity contribution in [1.29, 1.82) is 0 Å². The first-order valence-electron chi connectivity index (χ1n) is 7.24. The highest BCUT2D eigenvalue weighted by molar-refractivity contribution is 7.89. The molecule has 3 rings (SSSR count). The second-order valence-electron chi connectivity index (χ2n) is 5.42. The Morgan fingerprint density at radius 1 is 1.23 bits per heavy atom. The summed E-state index contributed by atoms with van der Waals surface area (Å²) in [4.78, 5) is 4.10. The minimum atomic E-state index is -3.54. The fourth-order valence-electron chi connectivity index (χ4n) is 2.43. The number of hydrogen-bond donors (Lipinski definition) is 0. The van der Waals surface area contributed by atoms with Crippen molar-refractivity contribution < 1.29 is 12.8 Å². The Balaban J connectivity index is 1.79. The average Bonchev–Trinajstić information content (AvgIpc) is 3.33. The third-order valence-corrected chi connectivity index (χ3v) is 5.64. The first-order valence-corrected chi connectivity index (χ1v) is 8.68. The van der Waals surface area contributed by atoms with E-state index in [1.165, 1.54) is 22.6 Å². The summed E-state index contributed by atoms with van der Waals surface area (Å²) in [6.45, 7) is 0.353. The fourth-order valence-corrected chi connectivity index (χ4v) is 4.08. The smallest absolute Gasteiger partial charge is 0.244 e. The van der Waals surface area contributed by atoms with Crippen LogP contribution in [0.3, 0.4) is 0 Å². The van der Waals surface area contributed by atoms with Gasteiger partial charge in [0.05, 0.1) is 0 Å². The molecule has 1 aliphatic carbocycles. The summed E-state index contributed by atoms with van der Waals surface area (Å²) in [5, 5.41) is 0. The molecule has 4 nitrogen and oxygen atoms in total. The monoisotopic (exact) mass is 320 g/mol. The van der Waals surface area contributed by atoms with Crippen LogP contribution in [0.4, 0.5) is 4.39 Å². The molecule has 0 atom stereocenters. The zero-order valence-electron chi connectivity index (χ0n) is 12.0. The van der Waals surface area contributed by atoms with Gasteiger partial charge in [0, 0.05) is 25.0 Å². The lowest BCUT2D eigenvalue weighted by atomic mass is 10.1. The molecule has 22 heavy (non-hydrogen) atoms. The lowest BCUT2D eigenvalue weighted by Gasteiger charge is -2.21. The SMILES string of the molecule is O=S(=O)(c1cccnc1)N(CCc1cccc(F)c1)C1CC1. The average molecular weight is 320 g/mol. The molecule has 0 amide bonds. The highest BCUT2D eigenvalue weighted by Crippen LogP contribution is 2.32. The van der Waals surface area contributed by atoms with Crippen LogP contribution in [-0.2, 0) is 16.4 Å². The van der Waals surface area contributed by atoms with Gasteiger partial charge in [0.25, 0.3) is 0 Å². The Morgan fingerprint density at radius 3 is 2.68 bits per heavy atom. The van der Waals surface area contributed by atoms with Crippen LogP contribution in [0.25, 0.3) is 0 Å². The van der Waals surface area contributed by atoms with Crippen molar-refractivity contribution in [1.82, 2.24) is 9.29 Å². The molecule has 1 saturated carbocycles. The maximum Gasteiger partial charge on any atom is 0.244 e. The second-order valence-corrected chi connectivity index (χ2v) is 7.31. The normalized spacial score (nSPS) is 15.2. The predicted octanol–water partition coefficient (Wildman–Crippen LogP) is 2.62. The van der Waals surface area contributed by atoms with Crippen molar-refractivity contribution in [2.75, 3.05) is 6.54 Å². The fraction of sp³-hybridized carbons (Fsp3) is 0.312. The molecule has 0 saturated heterocycles. The number of aromatic nitrogens is 1. The van der Waals surface area contributed by atoms with Crippen molar-refractivity contribution >= 4 is 10.0 Å². The molecular formula is C16H17FN2O2S. The molecule has 0 aliphatic heterocycles. The van der Waals surface area contributed by atoms with E-state index in [2.05, 4.69) is 4.98 Å². The molecule has 1 heterocycles. The maximum atomic E-state index is 13.2. The van der Waals surface area contributed by atoms with Crippen LogP contribution in [0.1, 0.15) is 18.4 Å². The second kappa shape index (κ2) is 6.14. The van der Waals surface area contributed by atoms with E-state index in [1.54, 1.807) is 24.4 Å². The van der Waals surface area contributed by atoms with Gasteiger partial charge in [0.15, 0.2) is 0 Å². The molecule has 0 radical (unpaired) electrons. The molecule has 0 unspecified atom stereocenters. The zero-order chi connectivity index (χ0) is 15.6. The minimum absolute atomic E-state index is 0.0544. The molecular weight excluding hydrogens is 303 g/mol. The largest absolute Gasteiger partial charge is 0.263 e. The van der Waals surface area contributed by atoms with E-state index in [4.69, 9.17) is 0 Å². The van der Waals surface area contributed by atoms with Gasteiger partial charge in [-0.2, -0.15) is 4.31 Å². The number of pyridine rings is 1. The highest BCUT2D eigenvalue weighted by Gasteiger charge is 2.37. The van der Waals surface area contributed by atoms with Crippen molar-refractivity contribution in [3.63, 3.8) is 0 Å². The van der Waals surface area contributed by atoms with Crippen molar-refractivity contribution in [2.24, 2.45) is 0 Å². The summed E-state index contributed by atoms with van der Waals surface area (Å²) in [6, 6.07) is 9.51. The van der Waals surface area contributed by atoms with Crippen LogP contribution < -0.4 is 0 Å². The Morgan fingerprint density at radius 2 is 2.05 bits per heavy atom. The van der Waals surface area contributed by atoms with E-state index in [0.29, 0.717) is 13.0 Å². The molecule has 1 fully saturated rings. The summed E-state index contributed by atoms with van der Waals surface area (Å²) in [5.74, 6) is -0.300. The van der Waals surface area contributed by atoms with Gasteiger partial charge in [-0.25, -0.2) is 12.8 Å². The first kappa shape index (κ1) is 15.1. The third kappa shape index (κ3) is 3.34. The summed E-state index contributed by atoms with van der Waals surface area (Å²) in [6.07, 6.45) is 5.17. The highest BCUT2D eigenvalue weighted by atomic mass is 32.2. The van der Waals surface area contributed by atoms with Crippen LogP contribution >= 0.6 is 0 Å². The first-order chi connectivity index (χ1) is 10.6. The Labute approximate surface area is 129 Å². The van der Waals surface area contributed by atoms with Gasteiger partial charge in [-0.3, -0.25) is 4.98 Å². The van der Waals surface area contributed by atoms with E-state index >= 15 is 0 Å². The number of sulfonamides is 1. The molecule has 6 heteroatoms. The molecule has 0 N–H and O–H groups in total. The number of hydrogen-bond acceptors (Lipinski definition) is 3. The van der Waals surface area contributed by atoms with Gasteiger partial charge in [-0.05, 0) is 49.1 Å². The van der Waals surface area contributed by atoms with Crippen molar-refractivity contribution in [3.8, 4) is 0 Å². The van der Waals surface area contributed by atoms with Gasteiger partial charge in [-0.1, -0.05) is 12.1 Å². The Kier molecular flexibility index (Phi) is 4.22. The van der Waals surface area contributed by atoms with Gasteiger partial charge >= 0.3 is 0 Å². The van der Waals surface area contributed by atoms with Crippen LogP contribution in [0.2, 0.25) is 0 Å². The number of rotatable bonds is 6. The molecule has 1 aromatic carbocycles. The zero-order valence-corrected chi connectivity index (χ0v) is 12.8. The number of halogens is 1. The van der Waals surface area contributed by atoms with Gasteiger partial charge in [-0.15, -0.1) is 0 Å². The Bertz CT molecular complexity index is 746. The summed E-state index contributed by atoms with van der Waals surface area (Å²) in [5.41, 5.74) is 0.798. The topological polar surface area (TPSA) is 50.3 Å². The van der Waals surface area contributed by atoms with Crippen LogP contribution in [0, 0.1) is 5.82 Å². The minimum Gasteiger partial charge on any atom is -0.263 e. The summed E-state index contributed by atoms with van der Waals surface area (Å²) >= 11 is 0. The van der Waals surface area contributed by atoms with E-state index in [-0.39, 0.29) is 16.8 Å². The summed E-state index contributed by atoms with van der Waals surface area (Å²) < 4.78 is 40.2. The lowest BCUT2D eigenvalue weighted by Crippen LogP contribution is -2.35. The van der Waals surface area contributed by atoms with E-state index in [0.717, 1.165) is 18.4 Å². The molecule has 0 spiro atoms.